The first-order chi connectivity index (χ1) is 18.9. The molecule has 37 heavy (non-hydrogen) atoms. The molecule has 4 N–H and O–H groups in total. The highest BCUT2D eigenvalue weighted by atomic mass is 35.5. The van der Waals surface area contributed by atoms with Crippen molar-refractivity contribution in [1.82, 2.24) is 29.8 Å². The van der Waals surface area contributed by atoms with Gasteiger partial charge < -0.3 is 25.6 Å². The lowest BCUT2D eigenvalue weighted by Crippen LogP contribution is -2.41. The molecule has 0 radical (unpaired) electrons. The third kappa shape index (κ3) is 4.81. The van der Waals surface area contributed by atoms with Crippen LogP contribution in [0.15, 0.2) is 43.0 Å². The number of aromatic nitrogens is 5. The molecule has 11 nitrogen and oxygen atoms in total. The molecule has 3 aromatic heterocycles. The average Bonchev–Trinajstić information content (AvgIpc) is 3.41. The lowest BCUT2D eigenvalue weighted by Gasteiger charge is -2.17. The fourth-order valence-electron chi connectivity index (χ4n) is 3.97. The van der Waals surface area contributed by atoms with Crippen LogP contribution in [0.3, 0.4) is 0 Å². The van der Waals surface area contributed by atoms with E-state index >= 15 is 0 Å². The van der Waals surface area contributed by atoms with Gasteiger partial charge in [0.2, 0.25) is 0 Å². The van der Waals surface area contributed by atoms with Crippen LogP contribution in [0.1, 0.15) is 15.9 Å². The van der Waals surface area contributed by atoms with Gasteiger partial charge in [-0.1, -0.05) is 11.6 Å². The van der Waals surface area contributed by atoms with Crippen LogP contribution in [0, 0.1) is 11.6 Å². The Balaban J connectivity index is 1.54. The maximum atomic E-state index is 13.7. The summed E-state index contributed by atoms with van der Waals surface area (Å²) in [5.74, 6) is -2.44. The third-order valence-electron chi connectivity index (χ3n) is 5.66. The van der Waals surface area contributed by atoms with Crippen LogP contribution in [0.5, 0.6) is 0 Å². The molecular formula is C23H20ClF2N7O4. The molecular weight excluding hydrogens is 512 g/mol. The summed E-state index contributed by atoms with van der Waals surface area (Å²) in [7, 11) is 0. The van der Waals surface area contributed by atoms with E-state index in [1.54, 1.807) is 11.4 Å². The minimum Gasteiger partial charge on any atom is -0.387 e. The average molecular weight is 535 g/mol. The predicted molar refractivity (Wildman–Crippen MR) is 127 cm³/mol. The van der Waals surface area contributed by atoms with E-state index in [2.05, 4.69) is 25.3 Å². The molecule has 0 bridgehead atoms. The molecule has 1 amide bonds. The molecule has 4 atom stereocenters. The number of imidazole rings is 1. The number of halogens is 3. The van der Waals surface area contributed by atoms with E-state index in [9.17, 15) is 23.8 Å². The van der Waals surface area contributed by atoms with Crippen molar-refractivity contribution in [1.29, 1.82) is 0 Å². The number of hydrogen-bond donors (Lipinski definition) is 4. The van der Waals surface area contributed by atoms with Crippen molar-refractivity contribution in [2.45, 2.75) is 31.1 Å². The molecule has 1 aliphatic heterocycles. The van der Waals surface area contributed by atoms with E-state index in [0.717, 1.165) is 18.2 Å². The zero-order chi connectivity index (χ0) is 28.8. The van der Waals surface area contributed by atoms with Gasteiger partial charge in [0.25, 0.3) is 5.91 Å². The largest absolute Gasteiger partial charge is 0.387 e. The molecule has 4 aromatic rings. The van der Waals surface area contributed by atoms with Crippen LogP contribution >= 0.6 is 11.6 Å². The summed E-state index contributed by atoms with van der Waals surface area (Å²) >= 11 is 6.08. The second-order valence-electron chi connectivity index (χ2n) is 8.16. The second kappa shape index (κ2) is 9.94. The Morgan fingerprint density at radius 3 is 2.70 bits per heavy atom. The lowest BCUT2D eigenvalue weighted by atomic mass is 10.1. The quantitative estimate of drug-likeness (QED) is 0.290. The zero-order valence-corrected chi connectivity index (χ0v) is 19.4. The van der Waals surface area contributed by atoms with Gasteiger partial charge in [-0.05, 0) is 23.8 Å². The van der Waals surface area contributed by atoms with Crippen LogP contribution in [-0.2, 0) is 16.1 Å². The summed E-state index contributed by atoms with van der Waals surface area (Å²) in [6.07, 6.45) is -2.50. The van der Waals surface area contributed by atoms with Crippen molar-refractivity contribution >= 4 is 34.5 Å². The second-order valence-corrected chi connectivity index (χ2v) is 8.60. The Labute approximate surface area is 217 Å². The molecule has 1 fully saturated rings. The van der Waals surface area contributed by atoms with Crippen molar-refractivity contribution < 1.29 is 32.6 Å². The summed E-state index contributed by atoms with van der Waals surface area (Å²) in [6, 6.07) is 4.57. The first-order valence-corrected chi connectivity index (χ1v) is 11.2. The molecule has 5 rings (SSSR count). The number of aliphatic hydroxyl groups excluding tert-OH is 2. The molecule has 4 heterocycles. The summed E-state index contributed by atoms with van der Waals surface area (Å²) in [5, 5.41) is 26.1. The number of fused-ring (bicyclic) bond motifs is 1. The predicted octanol–water partition coefficient (Wildman–Crippen LogP) is 1.80. The fourth-order valence-corrected chi connectivity index (χ4v) is 4.14. The highest BCUT2D eigenvalue weighted by molar-refractivity contribution is 6.30. The van der Waals surface area contributed by atoms with Gasteiger partial charge in [0, 0.05) is 41.7 Å². The number of carbonyl (C=O) groups is 1. The Bertz CT molecular complexity index is 1570. The monoisotopic (exact) mass is 534 g/mol. The Morgan fingerprint density at radius 2 is 1.97 bits per heavy atom. The molecule has 1 saturated heterocycles. The number of nitrogens with one attached hydrogen (secondary N) is 2. The Hall–Kier alpha value is -3.78. The SMILES string of the molecule is [2H]C([2H])([2H])NC(=O)[C@H]1O[C@@H](n2cnc3c(NCc4cc(F)cc(F)c4)nc(-c4cncc(Cl)c4)nc32)[C@H](O)[C@@H]1O. The molecule has 0 spiro atoms. The Kier molecular flexibility index (Phi) is 5.72. The Morgan fingerprint density at radius 1 is 1.19 bits per heavy atom. The van der Waals surface area contributed by atoms with Crippen molar-refractivity contribution in [2.75, 3.05) is 12.3 Å². The van der Waals surface area contributed by atoms with Gasteiger partial charge in [0.1, 0.15) is 23.8 Å². The van der Waals surface area contributed by atoms with Crippen molar-refractivity contribution in [3.63, 3.8) is 0 Å². The minimum absolute atomic E-state index is 0.0560. The maximum Gasteiger partial charge on any atom is 0.251 e. The van der Waals surface area contributed by atoms with Gasteiger partial charge >= 0.3 is 0 Å². The van der Waals surface area contributed by atoms with Gasteiger partial charge in [0.05, 0.1) is 11.3 Å². The van der Waals surface area contributed by atoms with E-state index in [1.807, 2.05) is 0 Å². The van der Waals surface area contributed by atoms with Crippen LogP contribution in [-0.4, -0.2) is 65.9 Å². The number of benzene rings is 1. The molecule has 1 aromatic carbocycles. The van der Waals surface area contributed by atoms with Gasteiger partial charge in [-0.15, -0.1) is 0 Å². The molecule has 1 aliphatic rings. The van der Waals surface area contributed by atoms with E-state index in [-0.39, 0.29) is 34.9 Å². The molecule has 192 valence electrons. The van der Waals surface area contributed by atoms with E-state index in [0.29, 0.717) is 10.6 Å². The number of anilines is 1. The summed E-state index contributed by atoms with van der Waals surface area (Å²) in [6.45, 7) is -2.90. The first-order valence-electron chi connectivity index (χ1n) is 12.3. The number of rotatable bonds is 6. The van der Waals surface area contributed by atoms with Gasteiger partial charge in [0.15, 0.2) is 35.1 Å². The minimum atomic E-state index is -2.84. The number of hydrogen-bond acceptors (Lipinski definition) is 9. The van der Waals surface area contributed by atoms with E-state index in [1.165, 1.54) is 23.3 Å². The highest BCUT2D eigenvalue weighted by Gasteiger charge is 2.47. The van der Waals surface area contributed by atoms with Crippen LogP contribution in [0.2, 0.25) is 5.02 Å². The normalized spacial score (nSPS) is 22.9. The van der Waals surface area contributed by atoms with Crippen LogP contribution in [0.4, 0.5) is 14.6 Å². The van der Waals surface area contributed by atoms with Crippen molar-refractivity contribution in [3.05, 3.63) is 65.2 Å². The molecule has 14 heteroatoms. The number of ether oxygens (including phenoxy) is 1. The smallest absolute Gasteiger partial charge is 0.251 e. The molecule has 0 unspecified atom stereocenters. The van der Waals surface area contributed by atoms with Crippen molar-refractivity contribution in [2.24, 2.45) is 0 Å². The highest BCUT2D eigenvalue weighted by Crippen LogP contribution is 2.34. The summed E-state index contributed by atoms with van der Waals surface area (Å²) in [4.78, 5) is 29.6. The van der Waals surface area contributed by atoms with E-state index < -0.39 is 49.1 Å². The maximum absolute atomic E-state index is 13.7. The van der Waals surface area contributed by atoms with Gasteiger partial charge in [-0.2, -0.15) is 0 Å². The topological polar surface area (TPSA) is 147 Å². The standard InChI is InChI=1S/C23H20ClF2N7O4/c1-27-22(36)18-16(34)17(35)23(37-18)33-9-30-15-20(29-6-10-2-13(25)5-14(26)3-10)31-19(32-21(15)33)11-4-12(24)8-28-7-11/h2-5,7-9,16-18,23,34-35H,6H2,1H3,(H,27,36)(H,29,31,32)/t16-,17+,18-,23+/m0/s1/i1D3. The fraction of sp³-hybridized carbons (Fsp3) is 0.261. The third-order valence-corrected chi connectivity index (χ3v) is 5.87. The molecule has 0 saturated carbocycles. The number of pyridine rings is 1. The lowest BCUT2D eigenvalue weighted by molar-refractivity contribution is -0.137. The number of amides is 1. The zero-order valence-electron chi connectivity index (χ0n) is 21.6. The van der Waals surface area contributed by atoms with Crippen molar-refractivity contribution in [3.8, 4) is 11.4 Å². The molecule has 0 aliphatic carbocycles. The van der Waals surface area contributed by atoms with Crippen LogP contribution in [0.25, 0.3) is 22.6 Å². The van der Waals surface area contributed by atoms with Gasteiger partial charge in [-0.25, -0.2) is 23.7 Å². The summed E-state index contributed by atoms with van der Waals surface area (Å²) < 4.78 is 55.9. The first kappa shape index (κ1) is 21.3. The number of likely N-dealkylation sites (N-methyl/N-ethyl adjacent to an activating group) is 1. The summed E-state index contributed by atoms with van der Waals surface area (Å²) in [5.41, 5.74) is 0.891. The van der Waals surface area contributed by atoms with E-state index in [4.69, 9.17) is 20.5 Å². The van der Waals surface area contributed by atoms with Crippen LogP contribution < -0.4 is 10.6 Å². The number of nitrogens with zero attached hydrogens (tertiary/aromatic N) is 5. The van der Waals surface area contributed by atoms with Gasteiger partial charge in [-0.3, -0.25) is 14.3 Å². The number of aliphatic hydroxyl groups is 2. The number of carbonyl (C=O) groups excluding carboxylic acids is 1.